The molecule has 0 radical (unpaired) electrons. The smallest absolute Gasteiger partial charge is 0.269 e. The van der Waals surface area contributed by atoms with Gasteiger partial charge in [-0.15, -0.1) is 0 Å². The highest BCUT2D eigenvalue weighted by molar-refractivity contribution is 5.94. The van der Waals surface area contributed by atoms with Gasteiger partial charge in [0.2, 0.25) is 0 Å². The fourth-order valence-corrected chi connectivity index (χ4v) is 2.91. The van der Waals surface area contributed by atoms with Gasteiger partial charge in [-0.25, -0.2) is 4.68 Å². The number of nitrogens with zero attached hydrogens (tertiary/aromatic N) is 1. The van der Waals surface area contributed by atoms with Crippen molar-refractivity contribution in [2.45, 2.75) is 26.2 Å². The van der Waals surface area contributed by atoms with Crippen LogP contribution in [0.15, 0.2) is 70.3 Å². The molecule has 0 atom stereocenters. The first-order valence-corrected chi connectivity index (χ1v) is 9.04. The van der Waals surface area contributed by atoms with E-state index in [1.54, 1.807) is 24.3 Å². The fraction of sp³-hybridized carbons (Fsp3) is 0.227. The second kappa shape index (κ2) is 7.68. The number of hydrogen-bond acceptors (Lipinski definition) is 3. The summed E-state index contributed by atoms with van der Waals surface area (Å²) < 4.78 is 1.12. The van der Waals surface area contributed by atoms with Gasteiger partial charge in [0.25, 0.3) is 17.0 Å². The van der Waals surface area contributed by atoms with Crippen LogP contribution in [0.4, 0.5) is 0 Å². The average molecular weight is 377 g/mol. The van der Waals surface area contributed by atoms with E-state index in [-0.39, 0.29) is 16.9 Å². The number of rotatable bonds is 5. The van der Waals surface area contributed by atoms with Crippen molar-refractivity contribution in [2.24, 2.45) is 0 Å². The first-order valence-electron chi connectivity index (χ1n) is 9.04. The number of aryl methyl sites for hydroxylation is 1. The lowest BCUT2D eigenvalue weighted by molar-refractivity contribution is 0.0945. The van der Waals surface area contributed by atoms with E-state index >= 15 is 0 Å². The highest BCUT2D eigenvalue weighted by Crippen LogP contribution is 2.22. The van der Waals surface area contributed by atoms with Gasteiger partial charge in [-0.2, -0.15) is 0 Å². The summed E-state index contributed by atoms with van der Waals surface area (Å²) in [5, 5.41) is 5.42. The van der Waals surface area contributed by atoms with Crippen LogP contribution in [0, 0.1) is 6.92 Å². The minimum absolute atomic E-state index is 0.234. The molecule has 0 spiro atoms. The molecule has 1 aromatic heterocycles. The maximum Gasteiger partial charge on any atom is 0.269 e. The number of amides is 1. The Bertz CT molecular complexity index is 1110. The van der Waals surface area contributed by atoms with Crippen LogP contribution < -0.4 is 16.4 Å². The molecule has 1 heterocycles. The third kappa shape index (κ3) is 4.28. The van der Waals surface area contributed by atoms with E-state index in [2.05, 4.69) is 48.5 Å². The van der Waals surface area contributed by atoms with Gasteiger partial charge >= 0.3 is 0 Å². The minimum atomic E-state index is -0.394. The van der Waals surface area contributed by atoms with Gasteiger partial charge in [-0.05, 0) is 30.7 Å². The highest BCUT2D eigenvalue weighted by atomic mass is 16.2. The van der Waals surface area contributed by atoms with Crippen molar-refractivity contribution in [2.75, 3.05) is 6.54 Å². The van der Waals surface area contributed by atoms with Gasteiger partial charge < -0.3 is 5.32 Å². The van der Waals surface area contributed by atoms with Crippen LogP contribution >= 0.6 is 0 Å². The third-order valence-corrected chi connectivity index (χ3v) is 4.71. The summed E-state index contributed by atoms with van der Waals surface area (Å²) in [7, 11) is 0. The van der Waals surface area contributed by atoms with Crippen molar-refractivity contribution in [1.82, 2.24) is 15.1 Å². The molecule has 0 bridgehead atoms. The molecule has 0 saturated heterocycles. The van der Waals surface area contributed by atoms with Crippen LogP contribution in [-0.2, 0) is 5.41 Å². The van der Waals surface area contributed by atoms with Crippen molar-refractivity contribution in [3.63, 3.8) is 0 Å². The fourth-order valence-electron chi connectivity index (χ4n) is 2.91. The Kier molecular flexibility index (Phi) is 5.31. The Labute approximate surface area is 162 Å². The molecular weight excluding hydrogens is 354 g/mol. The van der Waals surface area contributed by atoms with Crippen LogP contribution in [0.3, 0.4) is 0 Å². The number of carbonyl (C=O) groups is 1. The summed E-state index contributed by atoms with van der Waals surface area (Å²) in [6, 6.07) is 17.2. The second-order valence-corrected chi connectivity index (χ2v) is 7.47. The molecule has 144 valence electrons. The maximum absolute atomic E-state index is 12.6. The summed E-state index contributed by atoms with van der Waals surface area (Å²) in [5.74, 6) is -0.242. The molecule has 0 aliphatic carbocycles. The van der Waals surface area contributed by atoms with Crippen molar-refractivity contribution in [3.05, 3.63) is 98.1 Å². The van der Waals surface area contributed by atoms with E-state index in [0.29, 0.717) is 17.8 Å². The van der Waals surface area contributed by atoms with Gasteiger partial charge in [0.1, 0.15) is 0 Å². The SMILES string of the molecule is Cc1ccc(C(C)(C)CNC(=O)c2cccc(-n3[nH]c(=O)ccc3=O)c2)cc1. The van der Waals surface area contributed by atoms with Crippen LogP contribution in [0.25, 0.3) is 5.69 Å². The lowest BCUT2D eigenvalue weighted by atomic mass is 9.84. The molecule has 0 fully saturated rings. The number of hydrogen-bond donors (Lipinski definition) is 2. The van der Waals surface area contributed by atoms with Gasteiger partial charge in [0.15, 0.2) is 0 Å². The number of nitrogens with one attached hydrogen (secondary N) is 2. The van der Waals surface area contributed by atoms with Gasteiger partial charge in [-0.3, -0.25) is 19.5 Å². The predicted molar refractivity (Wildman–Crippen MR) is 109 cm³/mol. The molecule has 6 nitrogen and oxygen atoms in total. The third-order valence-electron chi connectivity index (χ3n) is 4.71. The molecule has 3 rings (SSSR count). The number of carbonyl (C=O) groups excluding carboxylic acids is 1. The summed E-state index contributed by atoms with van der Waals surface area (Å²) in [5.41, 5.74) is 2.16. The minimum Gasteiger partial charge on any atom is -0.351 e. The van der Waals surface area contributed by atoms with E-state index in [9.17, 15) is 14.4 Å². The molecule has 6 heteroatoms. The highest BCUT2D eigenvalue weighted by Gasteiger charge is 2.21. The zero-order valence-electron chi connectivity index (χ0n) is 16.2. The molecule has 0 aliphatic rings. The Morgan fingerprint density at radius 2 is 1.75 bits per heavy atom. The van der Waals surface area contributed by atoms with E-state index in [0.717, 1.165) is 10.2 Å². The summed E-state index contributed by atoms with van der Waals surface area (Å²) in [6.07, 6.45) is 0. The topological polar surface area (TPSA) is 84.0 Å². The Hall–Kier alpha value is -3.41. The largest absolute Gasteiger partial charge is 0.351 e. The van der Waals surface area contributed by atoms with E-state index in [1.165, 1.54) is 17.7 Å². The maximum atomic E-state index is 12.6. The van der Waals surface area contributed by atoms with Crippen molar-refractivity contribution in [3.8, 4) is 5.69 Å². The monoisotopic (exact) mass is 377 g/mol. The molecule has 0 unspecified atom stereocenters. The molecule has 28 heavy (non-hydrogen) atoms. The zero-order valence-corrected chi connectivity index (χ0v) is 16.2. The molecular formula is C22H23N3O3. The van der Waals surface area contributed by atoms with E-state index < -0.39 is 5.56 Å². The van der Waals surface area contributed by atoms with Gasteiger partial charge in [0.05, 0.1) is 5.69 Å². The van der Waals surface area contributed by atoms with Crippen LogP contribution in [0.1, 0.15) is 35.3 Å². The van der Waals surface area contributed by atoms with Crippen molar-refractivity contribution >= 4 is 5.91 Å². The molecule has 0 saturated carbocycles. The Morgan fingerprint density at radius 1 is 1.04 bits per heavy atom. The molecule has 0 aliphatic heterocycles. The summed E-state index contributed by atoms with van der Waals surface area (Å²) in [4.78, 5) is 36.1. The van der Waals surface area contributed by atoms with E-state index in [1.807, 2.05) is 6.92 Å². The van der Waals surface area contributed by atoms with Crippen LogP contribution in [-0.4, -0.2) is 22.2 Å². The molecule has 2 aromatic carbocycles. The zero-order chi connectivity index (χ0) is 20.3. The number of aromatic nitrogens is 2. The first kappa shape index (κ1) is 19.4. The van der Waals surface area contributed by atoms with Crippen LogP contribution in [0.5, 0.6) is 0 Å². The molecule has 2 N–H and O–H groups in total. The Balaban J connectivity index is 1.78. The lowest BCUT2D eigenvalue weighted by Gasteiger charge is -2.26. The number of aromatic amines is 1. The number of H-pyrrole nitrogens is 1. The quantitative estimate of drug-likeness (QED) is 0.717. The first-order chi connectivity index (χ1) is 13.3. The molecule has 1 amide bonds. The van der Waals surface area contributed by atoms with Gasteiger partial charge in [0, 0.05) is 29.7 Å². The normalized spacial score (nSPS) is 11.2. The van der Waals surface area contributed by atoms with Crippen LogP contribution in [0.2, 0.25) is 0 Å². The van der Waals surface area contributed by atoms with Crippen molar-refractivity contribution < 1.29 is 4.79 Å². The summed E-state index contributed by atoms with van der Waals surface area (Å²) >= 11 is 0. The van der Waals surface area contributed by atoms with Crippen molar-refractivity contribution in [1.29, 1.82) is 0 Å². The molecule has 3 aromatic rings. The average Bonchev–Trinajstić information content (AvgIpc) is 2.68. The summed E-state index contributed by atoms with van der Waals surface area (Å²) in [6.45, 7) is 6.64. The predicted octanol–water partition coefficient (Wildman–Crippen LogP) is 2.54. The standard InChI is InChI=1S/C22H23N3O3/c1-15-7-9-17(10-8-15)22(2,3)14-23-21(28)16-5-4-6-18(13-16)25-20(27)12-11-19(26)24-25/h4-13H,14H2,1-3H3,(H,23,28)(H,24,26). The number of benzene rings is 2. The van der Waals surface area contributed by atoms with E-state index in [4.69, 9.17) is 0 Å². The van der Waals surface area contributed by atoms with Gasteiger partial charge in [-0.1, -0.05) is 49.7 Å². The Morgan fingerprint density at radius 3 is 2.46 bits per heavy atom. The lowest BCUT2D eigenvalue weighted by Crippen LogP contribution is -2.36. The second-order valence-electron chi connectivity index (χ2n) is 7.47.